The molecule has 5 nitrogen and oxygen atoms in total. The fourth-order valence-electron chi connectivity index (χ4n) is 5.23. The summed E-state index contributed by atoms with van der Waals surface area (Å²) in [4.78, 5) is 6.60. The molecule has 1 saturated carbocycles. The molecule has 0 spiro atoms. The molecule has 5 rings (SSSR count). The Hall–Kier alpha value is -3.02. The number of aryl methyl sites for hydroxylation is 1. The molecule has 2 aromatic rings. The van der Waals surface area contributed by atoms with Crippen LogP contribution in [-0.2, 0) is 6.42 Å². The van der Waals surface area contributed by atoms with Gasteiger partial charge in [0.15, 0.2) is 0 Å². The third-order valence-corrected chi connectivity index (χ3v) is 7.32. The summed E-state index contributed by atoms with van der Waals surface area (Å²) in [7, 11) is 0. The van der Waals surface area contributed by atoms with Gasteiger partial charge in [-0.25, -0.2) is 9.40 Å². The molecular formula is C27H34FN5. The summed E-state index contributed by atoms with van der Waals surface area (Å²) in [6.45, 7) is 10.7. The fraction of sp³-hybridized carbons (Fsp3) is 0.444. The third-order valence-electron chi connectivity index (χ3n) is 7.32. The van der Waals surface area contributed by atoms with Crippen LogP contribution in [0.4, 0.5) is 21.5 Å². The highest BCUT2D eigenvalue weighted by molar-refractivity contribution is 5.85. The number of hydrazone groups is 1. The largest absolute Gasteiger partial charge is 0.368 e. The molecule has 1 saturated heterocycles. The van der Waals surface area contributed by atoms with Crippen molar-refractivity contribution in [3.05, 3.63) is 66.2 Å². The molecule has 2 aromatic carbocycles. The van der Waals surface area contributed by atoms with Crippen molar-refractivity contribution in [3.8, 4) is 0 Å². The monoisotopic (exact) mass is 447 g/mol. The molecule has 0 bridgehead atoms. The summed E-state index contributed by atoms with van der Waals surface area (Å²) >= 11 is 0. The van der Waals surface area contributed by atoms with Crippen LogP contribution in [-0.4, -0.2) is 44.1 Å². The first-order chi connectivity index (χ1) is 16.1. The molecule has 6 heteroatoms. The van der Waals surface area contributed by atoms with E-state index in [0.717, 1.165) is 67.8 Å². The van der Waals surface area contributed by atoms with Crippen molar-refractivity contribution in [3.63, 3.8) is 0 Å². The van der Waals surface area contributed by atoms with Gasteiger partial charge in [0.05, 0.1) is 5.69 Å². The molecule has 0 N–H and O–H groups in total. The molecule has 3 aliphatic rings. The first-order valence-corrected chi connectivity index (χ1v) is 12.3. The van der Waals surface area contributed by atoms with Crippen LogP contribution in [0.25, 0.3) is 0 Å². The van der Waals surface area contributed by atoms with Gasteiger partial charge in [0.1, 0.15) is 18.0 Å². The molecule has 0 atom stereocenters. The van der Waals surface area contributed by atoms with Crippen LogP contribution in [0.5, 0.6) is 0 Å². The predicted octanol–water partition coefficient (Wildman–Crippen LogP) is 5.44. The van der Waals surface area contributed by atoms with Gasteiger partial charge in [-0.15, -0.1) is 0 Å². The van der Waals surface area contributed by atoms with Crippen molar-refractivity contribution in [1.29, 1.82) is 0 Å². The maximum Gasteiger partial charge on any atom is 0.146 e. The number of anilines is 3. The minimum atomic E-state index is -0.110. The van der Waals surface area contributed by atoms with Gasteiger partial charge in [0, 0.05) is 44.1 Å². The number of rotatable bonds is 6. The number of halogens is 1. The first-order valence-electron chi connectivity index (χ1n) is 12.3. The number of hydrogen-bond donors (Lipinski definition) is 0. The van der Waals surface area contributed by atoms with E-state index in [1.807, 2.05) is 18.5 Å². The maximum atomic E-state index is 14.5. The van der Waals surface area contributed by atoms with Gasteiger partial charge in [-0.1, -0.05) is 32.4 Å². The highest BCUT2D eigenvalue weighted by atomic mass is 19.1. The lowest BCUT2D eigenvalue weighted by Gasteiger charge is -2.37. The van der Waals surface area contributed by atoms with Gasteiger partial charge in [-0.05, 0) is 67.1 Å². The standard InChI is InChI=1S/C27H34FN5/c1-3-22-8-13-27(26(28)18-22)31-16-14-30(15-17-31)24-9-11-25(12-10-24)32-20-29-33(21(32)2)19-23-6-4-5-7-23/h8-13,18,20,23H,2-7,14-17,19H2,1H3. The van der Waals surface area contributed by atoms with Gasteiger partial charge in [0.25, 0.3) is 0 Å². The first kappa shape index (κ1) is 21.8. The predicted molar refractivity (Wildman–Crippen MR) is 135 cm³/mol. The Morgan fingerprint density at radius 2 is 1.61 bits per heavy atom. The second-order valence-electron chi connectivity index (χ2n) is 9.38. The maximum absolute atomic E-state index is 14.5. The molecule has 1 aliphatic carbocycles. The minimum Gasteiger partial charge on any atom is -0.368 e. The number of hydrogen-bond acceptors (Lipinski definition) is 5. The van der Waals surface area contributed by atoms with Crippen molar-refractivity contribution < 1.29 is 4.39 Å². The van der Waals surface area contributed by atoms with Crippen LogP contribution in [0.1, 0.15) is 38.2 Å². The lowest BCUT2D eigenvalue weighted by atomic mass is 10.1. The molecule has 2 aliphatic heterocycles. The van der Waals surface area contributed by atoms with E-state index in [1.54, 1.807) is 6.07 Å². The molecule has 2 heterocycles. The van der Waals surface area contributed by atoms with E-state index in [0.29, 0.717) is 0 Å². The third kappa shape index (κ3) is 4.56. The number of benzene rings is 2. The Labute approximate surface area is 196 Å². The Kier molecular flexibility index (Phi) is 6.25. The molecule has 174 valence electrons. The lowest BCUT2D eigenvalue weighted by Crippen LogP contribution is -2.46. The zero-order valence-corrected chi connectivity index (χ0v) is 19.6. The number of piperazine rings is 1. The Morgan fingerprint density at radius 1 is 0.939 bits per heavy atom. The van der Waals surface area contributed by atoms with E-state index in [2.05, 4.69) is 62.6 Å². The van der Waals surface area contributed by atoms with Crippen molar-refractivity contribution in [1.82, 2.24) is 5.01 Å². The fourth-order valence-corrected chi connectivity index (χ4v) is 5.23. The normalized spacial score (nSPS) is 19.3. The average Bonchev–Trinajstić information content (AvgIpc) is 3.50. The van der Waals surface area contributed by atoms with Gasteiger partial charge >= 0.3 is 0 Å². The Morgan fingerprint density at radius 3 is 2.27 bits per heavy atom. The zero-order valence-electron chi connectivity index (χ0n) is 19.6. The van der Waals surface area contributed by atoms with Crippen LogP contribution in [0, 0.1) is 11.7 Å². The van der Waals surface area contributed by atoms with E-state index in [4.69, 9.17) is 0 Å². The summed E-state index contributed by atoms with van der Waals surface area (Å²) in [6.07, 6.45) is 8.03. The van der Waals surface area contributed by atoms with Crippen LogP contribution < -0.4 is 14.7 Å². The quantitative estimate of drug-likeness (QED) is 0.589. The lowest BCUT2D eigenvalue weighted by molar-refractivity contribution is 0.310. The van der Waals surface area contributed by atoms with Crippen molar-refractivity contribution in [2.45, 2.75) is 39.0 Å². The summed E-state index contributed by atoms with van der Waals surface area (Å²) in [5, 5.41) is 6.64. The topological polar surface area (TPSA) is 25.3 Å². The zero-order chi connectivity index (χ0) is 22.8. The molecule has 2 fully saturated rings. The summed E-state index contributed by atoms with van der Waals surface area (Å²) < 4.78 is 14.5. The average molecular weight is 448 g/mol. The van der Waals surface area contributed by atoms with Crippen molar-refractivity contribution >= 4 is 23.4 Å². The SMILES string of the molecule is C=C1N(CC2CCCC2)N=CN1c1ccc(N2CCN(c3ccc(CC)cc3F)CC2)cc1. The molecular weight excluding hydrogens is 413 g/mol. The van der Waals surface area contributed by atoms with Gasteiger partial charge in [-0.3, -0.25) is 4.90 Å². The molecule has 33 heavy (non-hydrogen) atoms. The number of nitrogens with zero attached hydrogens (tertiary/aromatic N) is 5. The smallest absolute Gasteiger partial charge is 0.146 e. The van der Waals surface area contributed by atoms with Gasteiger partial charge < -0.3 is 9.80 Å². The van der Waals surface area contributed by atoms with Crippen LogP contribution in [0.3, 0.4) is 0 Å². The van der Waals surface area contributed by atoms with E-state index in [-0.39, 0.29) is 5.82 Å². The van der Waals surface area contributed by atoms with Crippen molar-refractivity contribution in [2.75, 3.05) is 47.4 Å². The Balaban J connectivity index is 1.18. The van der Waals surface area contributed by atoms with Gasteiger partial charge in [-0.2, -0.15) is 5.10 Å². The van der Waals surface area contributed by atoms with Gasteiger partial charge in [0.2, 0.25) is 0 Å². The van der Waals surface area contributed by atoms with E-state index < -0.39 is 0 Å². The van der Waals surface area contributed by atoms with E-state index >= 15 is 0 Å². The second-order valence-corrected chi connectivity index (χ2v) is 9.38. The summed E-state index contributed by atoms with van der Waals surface area (Å²) in [5.41, 5.74) is 4.04. The molecule has 0 aromatic heterocycles. The van der Waals surface area contributed by atoms with Crippen LogP contribution >= 0.6 is 0 Å². The second kappa shape index (κ2) is 9.46. The highest BCUT2D eigenvalue weighted by Gasteiger charge is 2.26. The summed E-state index contributed by atoms with van der Waals surface area (Å²) in [5.74, 6) is 1.55. The minimum absolute atomic E-state index is 0.110. The summed E-state index contributed by atoms with van der Waals surface area (Å²) in [6, 6.07) is 14.3. The van der Waals surface area contributed by atoms with Crippen LogP contribution in [0.15, 0.2) is 60.0 Å². The van der Waals surface area contributed by atoms with Crippen LogP contribution in [0.2, 0.25) is 0 Å². The van der Waals surface area contributed by atoms with E-state index in [1.165, 1.54) is 31.4 Å². The molecule has 0 radical (unpaired) electrons. The van der Waals surface area contributed by atoms with E-state index in [9.17, 15) is 4.39 Å². The van der Waals surface area contributed by atoms with Crippen molar-refractivity contribution in [2.24, 2.45) is 11.0 Å². The Bertz CT molecular complexity index is 1000. The molecule has 0 amide bonds. The molecule has 0 unspecified atom stereocenters. The highest BCUT2D eigenvalue weighted by Crippen LogP contribution is 2.31.